The lowest BCUT2D eigenvalue weighted by molar-refractivity contribution is 0.398. The molecule has 9 heteroatoms. The largest absolute Gasteiger partial charge is 0.244 e. The Bertz CT molecular complexity index is 1010. The van der Waals surface area contributed by atoms with Gasteiger partial charge in [-0.3, -0.25) is 0 Å². The normalized spacial score (nSPS) is 13.1. The van der Waals surface area contributed by atoms with Crippen LogP contribution in [0.15, 0.2) is 60.0 Å². The highest BCUT2D eigenvalue weighted by atomic mass is 35.5. The fourth-order valence-corrected chi connectivity index (χ4v) is 4.59. The molecule has 3 aromatic rings. The summed E-state index contributed by atoms with van der Waals surface area (Å²) in [6, 6.07) is 11.6. The van der Waals surface area contributed by atoms with Crippen molar-refractivity contribution >= 4 is 33.2 Å². The van der Waals surface area contributed by atoms with Crippen LogP contribution in [-0.2, 0) is 10.0 Å². The second-order valence-electron chi connectivity index (χ2n) is 5.68. The molecule has 0 spiro atoms. The zero-order chi connectivity index (χ0) is 18.9. The maximum atomic E-state index is 12.9. The van der Waals surface area contributed by atoms with Gasteiger partial charge in [-0.15, -0.1) is 0 Å². The van der Waals surface area contributed by atoms with Crippen LogP contribution in [0.2, 0.25) is 10.0 Å². The molecular weight excluding hydrogens is 395 g/mol. The fraction of sp³-hybridized carbons (Fsp3) is 0.176. The second kappa shape index (κ2) is 7.36. The van der Waals surface area contributed by atoms with Crippen LogP contribution in [0.1, 0.15) is 18.5 Å². The molecule has 0 aliphatic rings. The van der Waals surface area contributed by atoms with E-state index in [1.807, 2.05) is 24.3 Å². The molecule has 3 rings (SSSR count). The summed E-state index contributed by atoms with van der Waals surface area (Å²) >= 11 is 12.1. The van der Waals surface area contributed by atoms with E-state index in [1.165, 1.54) is 23.7 Å². The van der Waals surface area contributed by atoms with Gasteiger partial charge in [-0.05, 0) is 36.8 Å². The van der Waals surface area contributed by atoms with Crippen LogP contribution in [0.3, 0.4) is 0 Å². The molecule has 0 aliphatic carbocycles. The fourth-order valence-electron chi connectivity index (χ4n) is 2.50. The van der Waals surface area contributed by atoms with Crippen molar-refractivity contribution in [2.45, 2.75) is 17.9 Å². The summed E-state index contributed by atoms with van der Waals surface area (Å²) in [5, 5.41) is 4.29. The van der Waals surface area contributed by atoms with Crippen LogP contribution in [-0.4, -0.2) is 34.5 Å². The highest BCUT2D eigenvalue weighted by Crippen LogP contribution is 2.33. The summed E-state index contributed by atoms with van der Waals surface area (Å²) in [4.78, 5) is 3.89. The van der Waals surface area contributed by atoms with Crippen molar-refractivity contribution in [1.29, 1.82) is 0 Å². The molecule has 136 valence electrons. The Morgan fingerprint density at radius 2 is 1.81 bits per heavy atom. The van der Waals surface area contributed by atoms with E-state index in [9.17, 15) is 8.42 Å². The molecule has 26 heavy (non-hydrogen) atoms. The molecule has 6 nitrogen and oxygen atoms in total. The average Bonchev–Trinajstić information content (AvgIpc) is 3.17. The van der Waals surface area contributed by atoms with Gasteiger partial charge < -0.3 is 0 Å². The highest BCUT2D eigenvalue weighted by Gasteiger charge is 2.29. The van der Waals surface area contributed by atoms with Crippen LogP contribution in [0, 0.1) is 0 Å². The van der Waals surface area contributed by atoms with Gasteiger partial charge >= 0.3 is 0 Å². The molecule has 0 saturated heterocycles. The Morgan fingerprint density at radius 3 is 2.42 bits per heavy atom. The Balaban J connectivity index is 1.89. The summed E-state index contributed by atoms with van der Waals surface area (Å²) in [7, 11) is -2.29. The van der Waals surface area contributed by atoms with Crippen LogP contribution in [0.25, 0.3) is 5.69 Å². The van der Waals surface area contributed by atoms with Crippen molar-refractivity contribution < 1.29 is 8.42 Å². The number of rotatable bonds is 5. The van der Waals surface area contributed by atoms with Crippen LogP contribution in [0.5, 0.6) is 0 Å². The van der Waals surface area contributed by atoms with E-state index in [0.717, 1.165) is 11.3 Å². The third-order valence-electron chi connectivity index (χ3n) is 4.18. The van der Waals surface area contributed by atoms with E-state index in [0.29, 0.717) is 0 Å². The summed E-state index contributed by atoms with van der Waals surface area (Å²) < 4.78 is 28.8. The van der Waals surface area contributed by atoms with E-state index in [1.54, 1.807) is 30.1 Å². The highest BCUT2D eigenvalue weighted by molar-refractivity contribution is 7.89. The lowest BCUT2D eigenvalue weighted by atomic mass is 10.1. The first-order valence-corrected chi connectivity index (χ1v) is 9.89. The molecule has 1 heterocycles. The topological polar surface area (TPSA) is 68.1 Å². The van der Waals surface area contributed by atoms with E-state index in [4.69, 9.17) is 23.2 Å². The standard InChI is InChI=1S/C17H16Cl2N4O2S/c1-12(13-6-8-14(9-7-13)23-11-20-10-21-23)22(2)26(24,25)16-5-3-4-15(18)17(16)19/h3-12H,1-2H3/t12-/m0/s1. The van der Waals surface area contributed by atoms with E-state index < -0.39 is 16.1 Å². The number of hydrogen-bond acceptors (Lipinski definition) is 4. The molecule has 1 aromatic heterocycles. The molecule has 0 aliphatic heterocycles. The molecule has 0 saturated carbocycles. The molecule has 0 fully saturated rings. The predicted molar refractivity (Wildman–Crippen MR) is 101 cm³/mol. The lowest BCUT2D eigenvalue weighted by Crippen LogP contribution is -2.30. The van der Waals surface area contributed by atoms with E-state index in [-0.39, 0.29) is 14.9 Å². The Kier molecular flexibility index (Phi) is 5.34. The first-order chi connectivity index (χ1) is 12.3. The minimum absolute atomic E-state index is 0.0137. The number of sulfonamides is 1. The van der Waals surface area contributed by atoms with Gasteiger partial charge in [0.2, 0.25) is 10.0 Å². The average molecular weight is 411 g/mol. The van der Waals surface area contributed by atoms with E-state index >= 15 is 0 Å². The van der Waals surface area contributed by atoms with Crippen molar-refractivity contribution in [1.82, 2.24) is 19.1 Å². The van der Waals surface area contributed by atoms with Gasteiger partial charge in [0.15, 0.2) is 0 Å². The third kappa shape index (κ3) is 3.48. The molecule has 2 aromatic carbocycles. The van der Waals surface area contributed by atoms with Gasteiger partial charge in [0.05, 0.1) is 15.7 Å². The van der Waals surface area contributed by atoms with Crippen molar-refractivity contribution in [3.05, 3.63) is 70.7 Å². The molecule has 0 N–H and O–H groups in total. The number of hydrogen-bond donors (Lipinski definition) is 0. The molecular formula is C17H16Cl2N4O2S. The summed E-state index contributed by atoms with van der Waals surface area (Å²) in [5.74, 6) is 0. The van der Waals surface area contributed by atoms with Crippen molar-refractivity contribution in [2.75, 3.05) is 7.05 Å². The molecule has 0 unspecified atom stereocenters. The van der Waals surface area contributed by atoms with Gasteiger partial charge in [-0.2, -0.15) is 9.40 Å². The maximum Gasteiger partial charge on any atom is 0.244 e. The zero-order valence-corrected chi connectivity index (χ0v) is 16.4. The minimum atomic E-state index is -3.80. The van der Waals surface area contributed by atoms with Crippen LogP contribution < -0.4 is 0 Å². The molecule has 0 amide bonds. The number of nitrogens with zero attached hydrogens (tertiary/aromatic N) is 4. The molecule has 1 atom stereocenters. The molecule has 0 radical (unpaired) electrons. The van der Waals surface area contributed by atoms with Gasteiger partial charge in [0, 0.05) is 13.1 Å². The van der Waals surface area contributed by atoms with Gasteiger partial charge in [0.1, 0.15) is 17.6 Å². The summed E-state index contributed by atoms with van der Waals surface area (Å²) in [6.07, 6.45) is 3.04. The maximum absolute atomic E-state index is 12.9. The summed E-state index contributed by atoms with van der Waals surface area (Å²) in [6.45, 7) is 1.81. The van der Waals surface area contributed by atoms with Gasteiger partial charge in [-0.1, -0.05) is 41.4 Å². The number of aromatic nitrogens is 3. The first-order valence-electron chi connectivity index (χ1n) is 7.69. The van der Waals surface area contributed by atoms with Gasteiger partial charge in [0.25, 0.3) is 0 Å². The van der Waals surface area contributed by atoms with Crippen molar-refractivity contribution in [2.24, 2.45) is 0 Å². The van der Waals surface area contributed by atoms with E-state index in [2.05, 4.69) is 10.1 Å². The minimum Gasteiger partial charge on any atom is -0.223 e. The van der Waals surface area contributed by atoms with Crippen LogP contribution >= 0.6 is 23.2 Å². The smallest absolute Gasteiger partial charge is 0.223 e. The lowest BCUT2D eigenvalue weighted by Gasteiger charge is -2.25. The Hall–Kier alpha value is -1.93. The predicted octanol–water partition coefficient (Wildman–Crippen LogP) is 3.96. The monoisotopic (exact) mass is 410 g/mol. The quantitative estimate of drug-likeness (QED) is 0.638. The second-order valence-corrected chi connectivity index (χ2v) is 8.43. The first kappa shape index (κ1) is 18.8. The molecule has 0 bridgehead atoms. The van der Waals surface area contributed by atoms with Crippen LogP contribution in [0.4, 0.5) is 0 Å². The Labute approximate surface area is 162 Å². The van der Waals surface area contributed by atoms with Crippen molar-refractivity contribution in [3.8, 4) is 5.69 Å². The third-order valence-corrected chi connectivity index (χ3v) is 7.08. The number of benzene rings is 2. The summed E-state index contributed by atoms with van der Waals surface area (Å²) in [5.41, 5.74) is 1.67. The number of halogens is 2. The SMILES string of the molecule is C[C@@H](c1ccc(-n2cncn2)cc1)N(C)S(=O)(=O)c1cccc(Cl)c1Cl. The van der Waals surface area contributed by atoms with Gasteiger partial charge in [-0.25, -0.2) is 18.1 Å². The van der Waals surface area contributed by atoms with Crippen molar-refractivity contribution in [3.63, 3.8) is 0 Å². The zero-order valence-electron chi connectivity index (χ0n) is 14.0. The Morgan fingerprint density at radius 1 is 1.12 bits per heavy atom.